The molecule has 0 aliphatic heterocycles. The van der Waals surface area contributed by atoms with E-state index < -0.39 is 0 Å². The zero-order valence-corrected chi connectivity index (χ0v) is 7.61. The van der Waals surface area contributed by atoms with Crippen molar-refractivity contribution in [3.05, 3.63) is 0 Å². The van der Waals surface area contributed by atoms with Crippen LogP contribution in [0, 0.1) is 0 Å². The molecule has 0 saturated heterocycles. The third-order valence-electron chi connectivity index (χ3n) is 0.882. The molecule has 1 amide bonds. The van der Waals surface area contributed by atoms with E-state index in [9.17, 15) is 4.79 Å². The Hall–Kier alpha value is -0.0900. The standard InChI is InChI=1S/C6H12BrNO2/c1-2-3-8-6(9)4-10-5-7/h2-5H2,1H3,(H,8,9). The Morgan fingerprint density at radius 2 is 2.40 bits per heavy atom. The summed E-state index contributed by atoms with van der Waals surface area (Å²) < 4.78 is 4.80. The molecule has 3 nitrogen and oxygen atoms in total. The molecule has 0 heterocycles. The van der Waals surface area contributed by atoms with Crippen molar-refractivity contribution in [1.82, 2.24) is 5.32 Å². The Balaban J connectivity index is 3.09. The fourth-order valence-electron chi connectivity index (χ4n) is 0.447. The third-order valence-corrected chi connectivity index (χ3v) is 1.21. The van der Waals surface area contributed by atoms with Crippen molar-refractivity contribution in [2.24, 2.45) is 0 Å². The van der Waals surface area contributed by atoms with Crippen LogP contribution in [-0.2, 0) is 9.53 Å². The molecule has 0 saturated carbocycles. The van der Waals surface area contributed by atoms with Gasteiger partial charge in [0, 0.05) is 6.54 Å². The molecule has 0 unspecified atom stereocenters. The van der Waals surface area contributed by atoms with E-state index >= 15 is 0 Å². The van der Waals surface area contributed by atoms with E-state index in [1.807, 2.05) is 6.92 Å². The van der Waals surface area contributed by atoms with Crippen molar-refractivity contribution in [2.75, 3.05) is 18.7 Å². The Labute approximate surface area is 69.3 Å². The third kappa shape index (κ3) is 6.04. The predicted molar refractivity (Wildman–Crippen MR) is 43.0 cm³/mol. The van der Waals surface area contributed by atoms with E-state index in [1.54, 1.807) is 0 Å². The topological polar surface area (TPSA) is 38.3 Å². The molecule has 10 heavy (non-hydrogen) atoms. The van der Waals surface area contributed by atoms with Crippen molar-refractivity contribution >= 4 is 21.8 Å². The summed E-state index contributed by atoms with van der Waals surface area (Å²) in [4.78, 5) is 10.7. The van der Waals surface area contributed by atoms with Gasteiger partial charge in [-0.15, -0.1) is 0 Å². The smallest absolute Gasteiger partial charge is 0.246 e. The second-order valence-electron chi connectivity index (χ2n) is 1.81. The summed E-state index contributed by atoms with van der Waals surface area (Å²) >= 11 is 3.04. The van der Waals surface area contributed by atoms with Crippen LogP contribution in [-0.4, -0.2) is 24.6 Å². The number of carbonyl (C=O) groups excluding carboxylic acids is 1. The second kappa shape index (κ2) is 7.02. The number of amides is 1. The monoisotopic (exact) mass is 209 g/mol. The highest BCUT2D eigenvalue weighted by Gasteiger charge is 1.96. The summed E-state index contributed by atoms with van der Waals surface area (Å²) in [5, 5.41) is 2.68. The van der Waals surface area contributed by atoms with E-state index in [-0.39, 0.29) is 12.5 Å². The van der Waals surface area contributed by atoms with Gasteiger partial charge in [0.15, 0.2) is 0 Å². The van der Waals surface area contributed by atoms with Gasteiger partial charge >= 0.3 is 0 Å². The first kappa shape index (κ1) is 9.91. The van der Waals surface area contributed by atoms with Gasteiger partial charge in [-0.25, -0.2) is 0 Å². The first-order valence-electron chi connectivity index (χ1n) is 3.21. The Morgan fingerprint density at radius 3 is 2.90 bits per heavy atom. The average molecular weight is 210 g/mol. The lowest BCUT2D eigenvalue weighted by Gasteiger charge is -2.01. The largest absolute Gasteiger partial charge is 0.360 e. The van der Waals surface area contributed by atoms with E-state index in [0.717, 1.165) is 13.0 Å². The lowest BCUT2D eigenvalue weighted by atomic mass is 10.5. The maximum Gasteiger partial charge on any atom is 0.246 e. The van der Waals surface area contributed by atoms with Crippen LogP contribution in [0.5, 0.6) is 0 Å². The van der Waals surface area contributed by atoms with E-state index in [4.69, 9.17) is 4.74 Å². The molecule has 0 aliphatic carbocycles. The van der Waals surface area contributed by atoms with Crippen LogP contribution in [0.4, 0.5) is 0 Å². The van der Waals surface area contributed by atoms with Crippen molar-refractivity contribution < 1.29 is 9.53 Å². The highest BCUT2D eigenvalue weighted by Crippen LogP contribution is 1.81. The molecule has 0 spiro atoms. The molecule has 0 aliphatic rings. The minimum atomic E-state index is -0.0544. The molecule has 0 rings (SSSR count). The molecule has 1 N–H and O–H groups in total. The van der Waals surface area contributed by atoms with Crippen LogP contribution >= 0.6 is 15.9 Å². The Morgan fingerprint density at radius 1 is 1.70 bits per heavy atom. The highest BCUT2D eigenvalue weighted by molar-refractivity contribution is 9.09. The summed E-state index contributed by atoms with van der Waals surface area (Å²) in [7, 11) is 0. The summed E-state index contributed by atoms with van der Waals surface area (Å²) in [6, 6.07) is 0. The van der Waals surface area contributed by atoms with Gasteiger partial charge in [0.1, 0.15) is 12.1 Å². The van der Waals surface area contributed by atoms with Crippen LogP contribution in [0.2, 0.25) is 0 Å². The number of carbonyl (C=O) groups is 1. The first-order chi connectivity index (χ1) is 4.81. The number of hydrogen-bond donors (Lipinski definition) is 1. The zero-order valence-electron chi connectivity index (χ0n) is 6.02. The number of hydrogen-bond acceptors (Lipinski definition) is 2. The number of nitrogens with one attached hydrogen (secondary N) is 1. The summed E-state index contributed by atoms with van der Waals surface area (Å²) in [6.45, 7) is 2.88. The van der Waals surface area contributed by atoms with Gasteiger partial charge in [-0.3, -0.25) is 4.79 Å². The highest BCUT2D eigenvalue weighted by atomic mass is 79.9. The maximum atomic E-state index is 10.7. The maximum absolute atomic E-state index is 10.7. The molecule has 0 bridgehead atoms. The van der Waals surface area contributed by atoms with E-state index in [1.165, 1.54) is 0 Å². The molecule has 0 radical (unpaired) electrons. The van der Waals surface area contributed by atoms with Crippen LogP contribution in [0.1, 0.15) is 13.3 Å². The molecule has 0 aromatic rings. The number of rotatable bonds is 5. The number of ether oxygens (including phenoxy) is 1. The van der Waals surface area contributed by atoms with Gasteiger partial charge in [-0.1, -0.05) is 22.9 Å². The molecule has 0 atom stereocenters. The Kier molecular flexibility index (Phi) is 6.96. The van der Waals surface area contributed by atoms with E-state index in [2.05, 4.69) is 21.2 Å². The molecule has 0 aromatic heterocycles. The lowest BCUT2D eigenvalue weighted by Crippen LogP contribution is -2.27. The normalized spacial score (nSPS) is 9.40. The van der Waals surface area contributed by atoms with Crippen molar-refractivity contribution in [3.63, 3.8) is 0 Å². The van der Waals surface area contributed by atoms with Gasteiger partial charge in [0.05, 0.1) is 0 Å². The summed E-state index contributed by atoms with van der Waals surface area (Å²) in [5.74, 6) is -0.0544. The number of alkyl halides is 1. The summed E-state index contributed by atoms with van der Waals surface area (Å²) in [6.07, 6.45) is 0.958. The van der Waals surface area contributed by atoms with Crippen molar-refractivity contribution in [1.29, 1.82) is 0 Å². The second-order valence-corrected chi connectivity index (χ2v) is 2.27. The van der Waals surface area contributed by atoms with Gasteiger partial charge < -0.3 is 10.1 Å². The quantitative estimate of drug-likeness (QED) is 0.684. The van der Waals surface area contributed by atoms with E-state index in [0.29, 0.717) is 5.52 Å². The van der Waals surface area contributed by atoms with Gasteiger partial charge in [0.2, 0.25) is 5.91 Å². The lowest BCUT2D eigenvalue weighted by molar-refractivity contribution is -0.124. The molecule has 60 valence electrons. The SMILES string of the molecule is CCCNC(=O)COCBr. The Bertz CT molecular complexity index is 87.7. The summed E-state index contributed by atoms with van der Waals surface area (Å²) in [5.41, 5.74) is 0.409. The fourth-order valence-corrected chi connectivity index (χ4v) is 0.609. The van der Waals surface area contributed by atoms with Crippen molar-refractivity contribution in [2.45, 2.75) is 13.3 Å². The van der Waals surface area contributed by atoms with Gasteiger partial charge in [0.25, 0.3) is 0 Å². The molecule has 0 aromatic carbocycles. The molecular formula is C6H12BrNO2. The zero-order chi connectivity index (χ0) is 7.82. The van der Waals surface area contributed by atoms with Crippen LogP contribution in [0.3, 0.4) is 0 Å². The fraction of sp³-hybridized carbons (Fsp3) is 0.833. The minimum absolute atomic E-state index is 0.0544. The molecular weight excluding hydrogens is 198 g/mol. The van der Waals surface area contributed by atoms with Crippen LogP contribution in [0.15, 0.2) is 0 Å². The van der Waals surface area contributed by atoms with Gasteiger partial charge in [-0.05, 0) is 6.42 Å². The predicted octanol–water partition coefficient (Wildman–Crippen LogP) is 0.882. The molecule has 4 heteroatoms. The number of halogens is 1. The molecule has 0 fully saturated rings. The van der Waals surface area contributed by atoms with Crippen LogP contribution < -0.4 is 5.32 Å². The van der Waals surface area contributed by atoms with Gasteiger partial charge in [-0.2, -0.15) is 0 Å². The average Bonchev–Trinajstić information content (AvgIpc) is 1.97. The van der Waals surface area contributed by atoms with Crippen molar-refractivity contribution in [3.8, 4) is 0 Å². The van der Waals surface area contributed by atoms with Crippen LogP contribution in [0.25, 0.3) is 0 Å². The minimum Gasteiger partial charge on any atom is -0.360 e. The first-order valence-corrected chi connectivity index (χ1v) is 4.33.